The van der Waals surface area contributed by atoms with Crippen LogP contribution in [0.25, 0.3) is 11.2 Å². The lowest BCUT2D eigenvalue weighted by Crippen LogP contribution is -2.18. The average molecular weight is 364 g/mol. The highest BCUT2D eigenvalue weighted by atomic mass is 19.1. The van der Waals surface area contributed by atoms with Crippen LogP contribution < -0.4 is 5.32 Å². The van der Waals surface area contributed by atoms with Crippen LogP contribution in [-0.2, 0) is 6.42 Å². The minimum Gasteiger partial charge on any atom is -0.351 e. The van der Waals surface area contributed by atoms with Crippen molar-refractivity contribution in [1.82, 2.24) is 24.6 Å². The molecule has 0 aliphatic heterocycles. The van der Waals surface area contributed by atoms with Crippen LogP contribution in [0.3, 0.4) is 0 Å². The molecular formula is C20H21FN6. The average Bonchev–Trinajstić information content (AvgIpc) is 3.37. The van der Waals surface area contributed by atoms with Crippen molar-refractivity contribution in [2.24, 2.45) is 0 Å². The van der Waals surface area contributed by atoms with E-state index in [4.69, 9.17) is 5.10 Å². The molecular weight excluding hydrogens is 343 g/mol. The summed E-state index contributed by atoms with van der Waals surface area (Å²) in [4.78, 5) is 13.4. The number of aryl methyl sites for hydroxylation is 2. The first kappa shape index (κ1) is 16.4. The smallest absolute Gasteiger partial charge is 0.222 e. The first-order valence-electron chi connectivity index (χ1n) is 9.42. The molecule has 3 aromatic rings. The van der Waals surface area contributed by atoms with Gasteiger partial charge in [-0.1, -0.05) is 6.08 Å². The number of alkyl halides is 1. The first-order chi connectivity index (χ1) is 13.1. The predicted octanol–water partition coefficient (Wildman–Crippen LogP) is 3.51. The van der Waals surface area contributed by atoms with Crippen molar-refractivity contribution in [3.8, 4) is 0 Å². The molecule has 138 valence electrons. The van der Waals surface area contributed by atoms with E-state index < -0.39 is 5.67 Å². The zero-order valence-electron chi connectivity index (χ0n) is 15.2. The molecule has 0 amide bonds. The molecule has 0 spiro atoms. The third-order valence-electron chi connectivity index (χ3n) is 5.29. The lowest BCUT2D eigenvalue weighted by atomic mass is 10.0. The number of nitrogens with zero attached hydrogens (tertiary/aromatic N) is 5. The molecule has 3 heterocycles. The maximum absolute atomic E-state index is 13.9. The van der Waals surface area contributed by atoms with Crippen molar-refractivity contribution < 1.29 is 4.39 Å². The van der Waals surface area contributed by atoms with Gasteiger partial charge in [-0.15, -0.1) is 0 Å². The summed E-state index contributed by atoms with van der Waals surface area (Å²) in [6.07, 6.45) is 9.98. The molecule has 3 aromatic heterocycles. The van der Waals surface area contributed by atoms with Crippen LogP contribution in [0.1, 0.15) is 48.3 Å². The number of hydrogen-bond acceptors (Lipinski definition) is 5. The molecule has 0 radical (unpaired) electrons. The summed E-state index contributed by atoms with van der Waals surface area (Å²) in [7, 11) is 0. The Bertz CT molecular complexity index is 1050. The van der Waals surface area contributed by atoms with Crippen molar-refractivity contribution in [3.63, 3.8) is 0 Å². The Hall–Kier alpha value is -2.83. The molecule has 7 heteroatoms. The zero-order valence-corrected chi connectivity index (χ0v) is 15.2. The molecule has 1 fully saturated rings. The van der Waals surface area contributed by atoms with E-state index in [0.717, 1.165) is 53.1 Å². The Morgan fingerprint density at radius 3 is 2.96 bits per heavy atom. The summed E-state index contributed by atoms with van der Waals surface area (Å²) in [5.74, 6) is 0.507. The summed E-state index contributed by atoms with van der Waals surface area (Å²) < 4.78 is 15.7. The van der Waals surface area contributed by atoms with Crippen LogP contribution in [0, 0.1) is 6.92 Å². The van der Waals surface area contributed by atoms with Gasteiger partial charge in [0, 0.05) is 17.3 Å². The fourth-order valence-corrected chi connectivity index (χ4v) is 3.47. The van der Waals surface area contributed by atoms with Gasteiger partial charge in [0.05, 0.1) is 29.8 Å². The molecule has 0 bridgehead atoms. The molecule has 0 aromatic carbocycles. The van der Waals surface area contributed by atoms with Crippen LogP contribution >= 0.6 is 0 Å². The Balaban J connectivity index is 1.50. The summed E-state index contributed by atoms with van der Waals surface area (Å²) >= 11 is 0. The highest BCUT2D eigenvalue weighted by Gasteiger charge is 2.43. The fraction of sp³-hybridized carbons (Fsp3) is 0.400. The monoisotopic (exact) mass is 364 g/mol. The van der Waals surface area contributed by atoms with Gasteiger partial charge in [-0.25, -0.2) is 23.9 Å². The van der Waals surface area contributed by atoms with E-state index in [1.54, 1.807) is 0 Å². The first-order valence-corrected chi connectivity index (χ1v) is 9.42. The van der Waals surface area contributed by atoms with E-state index >= 15 is 0 Å². The maximum Gasteiger partial charge on any atom is 0.222 e. The normalized spacial score (nSPS) is 17.9. The van der Waals surface area contributed by atoms with Crippen molar-refractivity contribution >= 4 is 17.2 Å². The third kappa shape index (κ3) is 3.07. The van der Waals surface area contributed by atoms with E-state index in [-0.39, 0.29) is 6.54 Å². The quantitative estimate of drug-likeness (QED) is 0.767. The Labute approximate surface area is 156 Å². The van der Waals surface area contributed by atoms with E-state index in [2.05, 4.69) is 26.3 Å². The van der Waals surface area contributed by atoms with Gasteiger partial charge in [-0.2, -0.15) is 5.10 Å². The zero-order chi connectivity index (χ0) is 18.4. The van der Waals surface area contributed by atoms with Gasteiger partial charge in [0.2, 0.25) is 5.95 Å². The van der Waals surface area contributed by atoms with E-state index in [9.17, 15) is 4.39 Å². The second-order valence-electron chi connectivity index (χ2n) is 7.46. The standard InChI is InChI=1S/C20H21FN6/c1-13-10-22-18-7-6-17(26-27(13)18)14-4-2-3-5-16-15(14)11-23-19(25-16)24-12-20(21)8-9-20/h4,6-7,10-11H,2-3,5,8-9,12H2,1H3,(H,23,24,25). The molecule has 6 nitrogen and oxygen atoms in total. The van der Waals surface area contributed by atoms with E-state index in [1.807, 2.05) is 36.0 Å². The third-order valence-corrected chi connectivity index (χ3v) is 5.29. The Morgan fingerprint density at radius 2 is 2.11 bits per heavy atom. The fourth-order valence-electron chi connectivity index (χ4n) is 3.47. The summed E-state index contributed by atoms with van der Waals surface area (Å²) in [6.45, 7) is 2.28. The van der Waals surface area contributed by atoms with E-state index in [1.165, 1.54) is 0 Å². The number of halogens is 1. The van der Waals surface area contributed by atoms with Gasteiger partial charge < -0.3 is 5.32 Å². The van der Waals surface area contributed by atoms with Crippen LogP contribution in [0.15, 0.2) is 30.6 Å². The topological polar surface area (TPSA) is 68.0 Å². The lowest BCUT2D eigenvalue weighted by Gasteiger charge is -2.13. The molecule has 2 aliphatic rings. The summed E-state index contributed by atoms with van der Waals surface area (Å²) in [5.41, 5.74) is 4.70. The van der Waals surface area contributed by atoms with Crippen LogP contribution in [0.4, 0.5) is 10.3 Å². The van der Waals surface area contributed by atoms with Crippen molar-refractivity contribution in [2.45, 2.75) is 44.7 Å². The predicted molar refractivity (Wildman–Crippen MR) is 101 cm³/mol. The molecule has 1 saturated carbocycles. The molecule has 0 unspecified atom stereocenters. The molecule has 0 atom stereocenters. The second kappa shape index (κ2) is 6.11. The van der Waals surface area contributed by atoms with Crippen LogP contribution in [0.2, 0.25) is 0 Å². The van der Waals surface area contributed by atoms with Crippen LogP contribution in [0.5, 0.6) is 0 Å². The second-order valence-corrected chi connectivity index (χ2v) is 7.46. The van der Waals surface area contributed by atoms with Crippen LogP contribution in [-0.4, -0.2) is 36.8 Å². The Kier molecular flexibility index (Phi) is 3.70. The van der Waals surface area contributed by atoms with Gasteiger partial charge in [-0.05, 0) is 51.2 Å². The minimum absolute atomic E-state index is 0.284. The molecule has 5 rings (SSSR count). The highest BCUT2D eigenvalue weighted by molar-refractivity contribution is 5.79. The summed E-state index contributed by atoms with van der Waals surface area (Å²) in [5, 5.41) is 7.82. The highest BCUT2D eigenvalue weighted by Crippen LogP contribution is 2.39. The molecule has 0 saturated heterocycles. The number of hydrogen-bond donors (Lipinski definition) is 1. The summed E-state index contributed by atoms with van der Waals surface area (Å²) in [6, 6.07) is 3.97. The molecule has 2 aliphatic carbocycles. The van der Waals surface area contributed by atoms with Gasteiger partial charge in [0.15, 0.2) is 5.65 Å². The number of anilines is 1. The largest absolute Gasteiger partial charge is 0.351 e. The number of imidazole rings is 1. The van der Waals surface area contributed by atoms with Gasteiger partial charge >= 0.3 is 0 Å². The lowest BCUT2D eigenvalue weighted by molar-refractivity contribution is 0.326. The Morgan fingerprint density at radius 1 is 1.22 bits per heavy atom. The van der Waals surface area contributed by atoms with Crippen molar-refractivity contribution in [1.29, 1.82) is 0 Å². The van der Waals surface area contributed by atoms with Crippen molar-refractivity contribution in [3.05, 3.63) is 53.2 Å². The minimum atomic E-state index is -1.07. The number of rotatable bonds is 4. The van der Waals surface area contributed by atoms with Gasteiger partial charge in [0.1, 0.15) is 5.67 Å². The maximum atomic E-state index is 13.9. The van der Waals surface area contributed by atoms with Crippen molar-refractivity contribution in [2.75, 3.05) is 11.9 Å². The molecule has 1 N–H and O–H groups in total. The number of fused-ring (bicyclic) bond motifs is 2. The number of allylic oxidation sites excluding steroid dienone is 1. The van der Waals surface area contributed by atoms with Gasteiger partial charge in [0.25, 0.3) is 0 Å². The SMILES string of the molecule is Cc1cnc2ccc(C3=CCCCc4nc(NCC5(F)CC5)ncc43)nn12. The van der Waals surface area contributed by atoms with Gasteiger partial charge in [-0.3, -0.25) is 0 Å². The number of aromatic nitrogens is 5. The number of nitrogens with one attached hydrogen (secondary N) is 1. The molecule has 27 heavy (non-hydrogen) atoms. The van der Waals surface area contributed by atoms with E-state index in [0.29, 0.717) is 18.8 Å².